The number of imidazole rings is 1. The van der Waals surface area contributed by atoms with Gasteiger partial charge in [-0.05, 0) is 26.0 Å². The van der Waals surface area contributed by atoms with Crippen molar-refractivity contribution < 1.29 is 23.1 Å². The van der Waals surface area contributed by atoms with Crippen LogP contribution in [0.15, 0.2) is 6.07 Å². The number of hydrogen-bond donors (Lipinski definition) is 0. The van der Waals surface area contributed by atoms with Crippen molar-refractivity contribution in [2.45, 2.75) is 58.9 Å². The molecule has 11 heteroatoms. The van der Waals surface area contributed by atoms with Crippen molar-refractivity contribution in [3.8, 4) is 6.07 Å². The zero-order valence-electron chi connectivity index (χ0n) is 21.9. The average molecular weight is 519 g/mol. The van der Waals surface area contributed by atoms with E-state index in [1.165, 1.54) is 9.47 Å². The number of nitrogens with zero attached hydrogens (tertiary/aromatic N) is 6. The number of anilines is 1. The van der Waals surface area contributed by atoms with E-state index in [1.807, 2.05) is 25.8 Å². The molecule has 0 radical (unpaired) electrons. The van der Waals surface area contributed by atoms with E-state index in [4.69, 9.17) is 4.74 Å². The highest BCUT2D eigenvalue weighted by atomic mass is 19.1. The fraction of sp³-hybridized carbons (Fsp3) is 0.615. The van der Waals surface area contributed by atoms with Crippen LogP contribution in [0.5, 0.6) is 0 Å². The van der Waals surface area contributed by atoms with Gasteiger partial charge in [-0.15, -0.1) is 0 Å². The summed E-state index contributed by atoms with van der Waals surface area (Å²) in [6, 6.07) is 2.48. The Balaban J connectivity index is 1.93. The van der Waals surface area contributed by atoms with Crippen LogP contribution in [0.4, 0.5) is 14.7 Å². The number of piperazine rings is 1. The number of nitriles is 1. The lowest BCUT2D eigenvalue weighted by molar-refractivity contribution is -0.145. The Morgan fingerprint density at radius 2 is 1.84 bits per heavy atom. The van der Waals surface area contributed by atoms with E-state index in [0.717, 1.165) is 51.5 Å². The number of unbranched alkanes of at least 4 members (excludes halogenated alkanes) is 3. The van der Waals surface area contributed by atoms with Crippen LogP contribution in [0.2, 0.25) is 0 Å². The van der Waals surface area contributed by atoms with Gasteiger partial charge in [0.15, 0.2) is 18.4 Å². The molecule has 2 aromatic rings. The van der Waals surface area contributed by atoms with Crippen LogP contribution in [0, 0.1) is 23.0 Å². The van der Waals surface area contributed by atoms with Gasteiger partial charge in [0, 0.05) is 39.1 Å². The van der Waals surface area contributed by atoms with E-state index in [-0.39, 0.29) is 42.4 Å². The number of carbonyl (C=O) groups excluding carboxylic acids is 2. The van der Waals surface area contributed by atoms with Crippen LogP contribution in [0.25, 0.3) is 11.0 Å². The Hall–Kier alpha value is -3.10. The highest BCUT2D eigenvalue weighted by Gasteiger charge is 2.28. The van der Waals surface area contributed by atoms with Gasteiger partial charge in [0.25, 0.3) is 0 Å². The summed E-state index contributed by atoms with van der Waals surface area (Å²) in [6.45, 7) is 7.05. The van der Waals surface area contributed by atoms with Crippen molar-refractivity contribution >= 4 is 28.9 Å². The normalized spacial score (nSPS) is 14.6. The average Bonchev–Trinajstić information content (AvgIpc) is 3.26. The van der Waals surface area contributed by atoms with E-state index in [9.17, 15) is 19.2 Å². The molecule has 1 fully saturated rings. The first kappa shape index (κ1) is 28.5. The molecule has 37 heavy (non-hydrogen) atoms. The number of aryl methyl sites for hydroxylation is 1. The first-order valence-corrected chi connectivity index (χ1v) is 13.0. The third kappa shape index (κ3) is 7.02. The number of esters is 1. The highest BCUT2D eigenvalue weighted by molar-refractivity contribution is 5.94. The molecule has 202 valence electrons. The van der Waals surface area contributed by atoms with Crippen LogP contribution in [0.1, 0.15) is 57.9 Å². The van der Waals surface area contributed by atoms with E-state index in [0.29, 0.717) is 12.8 Å². The van der Waals surface area contributed by atoms with Gasteiger partial charge in [-0.2, -0.15) is 5.26 Å². The third-order valence-corrected chi connectivity index (χ3v) is 6.58. The molecule has 9 nitrogen and oxygen atoms in total. The van der Waals surface area contributed by atoms with Gasteiger partial charge in [0.2, 0.25) is 11.9 Å². The van der Waals surface area contributed by atoms with Gasteiger partial charge in [0.1, 0.15) is 17.1 Å². The molecule has 1 aliphatic heterocycles. The second-order valence-electron chi connectivity index (χ2n) is 9.45. The van der Waals surface area contributed by atoms with Crippen molar-refractivity contribution in [1.82, 2.24) is 19.4 Å². The minimum Gasteiger partial charge on any atom is -0.443 e. The second kappa shape index (κ2) is 13.4. The molecule has 1 aromatic carbocycles. The molecule has 3 rings (SSSR count). The maximum Gasteiger partial charge on any atom is 0.321 e. The van der Waals surface area contributed by atoms with Crippen molar-refractivity contribution in [1.29, 1.82) is 5.26 Å². The molecular weight excluding hydrogens is 482 g/mol. The van der Waals surface area contributed by atoms with Gasteiger partial charge in [-0.3, -0.25) is 14.5 Å². The topological polar surface area (TPSA) is 94.7 Å². The van der Waals surface area contributed by atoms with Gasteiger partial charge in [0.05, 0.1) is 12.1 Å². The Bertz CT molecular complexity index is 1140. The molecular formula is C26H36F2N6O3. The van der Waals surface area contributed by atoms with Crippen LogP contribution >= 0.6 is 0 Å². The third-order valence-electron chi connectivity index (χ3n) is 6.58. The predicted octanol–water partition coefficient (Wildman–Crippen LogP) is 3.65. The second-order valence-corrected chi connectivity index (χ2v) is 9.45. The first-order chi connectivity index (χ1) is 17.8. The van der Waals surface area contributed by atoms with Crippen molar-refractivity contribution in [3.63, 3.8) is 0 Å². The number of rotatable bonds is 12. The number of aromatic nitrogens is 2. The molecule has 1 aromatic heterocycles. The fourth-order valence-corrected chi connectivity index (χ4v) is 4.30. The summed E-state index contributed by atoms with van der Waals surface area (Å²) in [7, 11) is 2.02. The van der Waals surface area contributed by atoms with Crippen LogP contribution in [-0.4, -0.2) is 77.7 Å². The molecule has 0 aliphatic carbocycles. The Kier molecular flexibility index (Phi) is 10.3. The van der Waals surface area contributed by atoms with Crippen LogP contribution in [-0.2, 0) is 20.9 Å². The number of likely N-dealkylation sites (N-methyl/N-ethyl adjacent to an activating group) is 1. The van der Waals surface area contributed by atoms with E-state index in [2.05, 4.69) is 9.88 Å². The predicted molar refractivity (Wildman–Crippen MR) is 136 cm³/mol. The summed E-state index contributed by atoms with van der Waals surface area (Å²) >= 11 is 0. The van der Waals surface area contributed by atoms with Crippen LogP contribution < -0.4 is 4.90 Å². The summed E-state index contributed by atoms with van der Waals surface area (Å²) in [4.78, 5) is 35.6. The molecule has 0 saturated carbocycles. The molecule has 2 heterocycles. The quantitative estimate of drug-likeness (QED) is 0.241. The minimum atomic E-state index is -0.890. The monoisotopic (exact) mass is 518 g/mol. The number of amides is 1. The number of benzene rings is 1. The smallest absolute Gasteiger partial charge is 0.321 e. The van der Waals surface area contributed by atoms with Gasteiger partial charge >= 0.3 is 5.97 Å². The molecule has 0 bridgehead atoms. The molecule has 0 spiro atoms. The number of hydrogen-bond acceptors (Lipinski definition) is 7. The number of ether oxygens (including phenoxy) is 1. The molecule has 0 unspecified atom stereocenters. The molecule has 1 aliphatic rings. The van der Waals surface area contributed by atoms with Crippen molar-refractivity contribution in [2.75, 3.05) is 51.4 Å². The summed E-state index contributed by atoms with van der Waals surface area (Å²) in [5.74, 6) is -2.58. The minimum absolute atomic E-state index is 0.00485. The first-order valence-electron chi connectivity index (χ1n) is 13.0. The zero-order chi connectivity index (χ0) is 26.9. The largest absolute Gasteiger partial charge is 0.443 e. The van der Waals surface area contributed by atoms with Crippen molar-refractivity contribution in [2.24, 2.45) is 0 Å². The fourth-order valence-electron chi connectivity index (χ4n) is 4.30. The van der Waals surface area contributed by atoms with Gasteiger partial charge in [-0.25, -0.2) is 18.7 Å². The lowest BCUT2D eigenvalue weighted by Crippen LogP contribution is -2.47. The summed E-state index contributed by atoms with van der Waals surface area (Å²) in [6.07, 6.45) is 3.91. The van der Waals surface area contributed by atoms with Gasteiger partial charge in [-0.1, -0.05) is 33.1 Å². The Morgan fingerprint density at radius 1 is 1.14 bits per heavy atom. The lowest BCUT2D eigenvalue weighted by Gasteiger charge is -2.31. The summed E-state index contributed by atoms with van der Waals surface area (Å²) in [5, 5.41) is 9.27. The van der Waals surface area contributed by atoms with Gasteiger partial charge < -0.3 is 14.2 Å². The summed E-state index contributed by atoms with van der Waals surface area (Å²) < 4.78 is 37.0. The van der Waals surface area contributed by atoms with E-state index < -0.39 is 29.9 Å². The Labute approximate surface area is 216 Å². The Morgan fingerprint density at radius 3 is 2.49 bits per heavy atom. The number of carbonyl (C=O) groups is 2. The molecule has 0 N–H and O–H groups in total. The van der Waals surface area contributed by atoms with Crippen LogP contribution in [0.3, 0.4) is 0 Å². The zero-order valence-corrected chi connectivity index (χ0v) is 21.9. The summed E-state index contributed by atoms with van der Waals surface area (Å²) in [5.41, 5.74) is -0.874. The standard InChI is InChI=1S/C26H36F2N6O3/c1-4-6-8-9-21(35)34(18-37-22(36)17-32-13-11-31(3)12-14-32)26-30-24-20(27)15-19(16-29)23(28)25(24)33(26)10-7-5-2/h15H,4-14,17-18H2,1-3H3. The molecule has 0 atom stereocenters. The van der Waals surface area contributed by atoms with E-state index in [1.54, 1.807) is 6.07 Å². The maximum absolute atomic E-state index is 15.2. The maximum atomic E-state index is 15.2. The molecule has 1 saturated heterocycles. The highest BCUT2D eigenvalue weighted by Crippen LogP contribution is 2.30. The lowest BCUT2D eigenvalue weighted by atomic mass is 10.2. The SMILES string of the molecule is CCCCCC(=O)N(COC(=O)CN1CCN(C)CC1)c1nc2c(F)cc(C#N)c(F)c2n1CCCC. The van der Waals surface area contributed by atoms with E-state index >= 15 is 4.39 Å². The number of halogens is 2. The molecule has 1 amide bonds. The van der Waals surface area contributed by atoms with Crippen molar-refractivity contribution in [3.05, 3.63) is 23.3 Å². The number of fused-ring (bicyclic) bond motifs is 1.